The lowest BCUT2D eigenvalue weighted by atomic mass is 10.2. The number of nitrogens with zero attached hydrogens (tertiary/aromatic N) is 2. The molecule has 18 heavy (non-hydrogen) atoms. The van der Waals surface area contributed by atoms with Crippen molar-refractivity contribution < 1.29 is 9.72 Å². The Bertz CT molecular complexity index is 463. The molecule has 1 N–H and O–H groups in total. The first-order chi connectivity index (χ1) is 8.41. The van der Waals surface area contributed by atoms with Crippen molar-refractivity contribution >= 4 is 33.2 Å². The highest BCUT2D eigenvalue weighted by Gasteiger charge is 2.09. The number of hydrogen-bond donors (Lipinski definition) is 1. The number of amides is 1. The smallest absolute Gasteiger partial charge is 0.270 e. The van der Waals surface area contributed by atoms with Gasteiger partial charge in [-0.15, -0.1) is 0 Å². The third-order valence-corrected chi connectivity index (χ3v) is 2.97. The number of nitro groups is 1. The number of non-ortho nitro benzene ring substituents is 1. The minimum Gasteiger partial charge on any atom is -0.384 e. The molecule has 0 spiro atoms. The molecule has 98 valence electrons. The van der Waals surface area contributed by atoms with Crippen molar-refractivity contribution in [1.29, 1.82) is 0 Å². The van der Waals surface area contributed by atoms with Gasteiger partial charge in [0.1, 0.15) is 0 Å². The second-order valence-corrected chi connectivity index (χ2v) is 4.74. The fraction of sp³-hybridized carbons (Fsp3) is 0.364. The Kier molecular flexibility index (Phi) is 5.08. The van der Waals surface area contributed by atoms with E-state index in [0.29, 0.717) is 17.4 Å². The van der Waals surface area contributed by atoms with E-state index in [0.717, 1.165) is 5.69 Å². The molecule has 0 aromatic heterocycles. The molecule has 0 saturated carbocycles. The third-order valence-electron chi connectivity index (χ3n) is 2.32. The molecule has 0 radical (unpaired) electrons. The fourth-order valence-electron chi connectivity index (χ4n) is 1.29. The maximum atomic E-state index is 11.3. The lowest BCUT2D eigenvalue weighted by Crippen LogP contribution is -2.23. The normalized spacial score (nSPS) is 9.94. The Morgan fingerprint density at radius 3 is 2.67 bits per heavy atom. The SMILES string of the molecule is CN(C)C(=O)CCNc1ccc([N+](=O)[O-])cc1Br. The molecule has 0 heterocycles. The molecule has 1 aromatic carbocycles. The summed E-state index contributed by atoms with van der Waals surface area (Å²) in [6.45, 7) is 0.480. The maximum Gasteiger partial charge on any atom is 0.270 e. The van der Waals surface area contributed by atoms with Crippen LogP contribution >= 0.6 is 15.9 Å². The Balaban J connectivity index is 2.58. The quantitative estimate of drug-likeness (QED) is 0.668. The number of carbonyl (C=O) groups excluding carboxylic acids is 1. The Labute approximate surface area is 113 Å². The predicted molar refractivity (Wildman–Crippen MR) is 72.6 cm³/mol. The summed E-state index contributed by atoms with van der Waals surface area (Å²) in [5.41, 5.74) is 0.754. The lowest BCUT2D eigenvalue weighted by Gasteiger charge is -2.11. The predicted octanol–water partition coefficient (Wildman–Crippen LogP) is 2.25. The van der Waals surface area contributed by atoms with Crippen LogP contribution in [0, 0.1) is 10.1 Å². The highest BCUT2D eigenvalue weighted by molar-refractivity contribution is 9.10. The van der Waals surface area contributed by atoms with Gasteiger partial charge in [0, 0.05) is 49.4 Å². The van der Waals surface area contributed by atoms with Crippen LogP contribution in [0.2, 0.25) is 0 Å². The molecule has 0 aliphatic carbocycles. The second kappa shape index (κ2) is 6.34. The first-order valence-corrected chi connectivity index (χ1v) is 6.09. The van der Waals surface area contributed by atoms with Crippen molar-refractivity contribution in [1.82, 2.24) is 4.90 Å². The molecule has 0 atom stereocenters. The molecule has 0 aliphatic heterocycles. The van der Waals surface area contributed by atoms with E-state index in [1.54, 1.807) is 20.2 Å². The largest absolute Gasteiger partial charge is 0.384 e. The molecule has 0 fully saturated rings. The average Bonchev–Trinajstić information content (AvgIpc) is 2.30. The van der Waals surface area contributed by atoms with E-state index >= 15 is 0 Å². The minimum absolute atomic E-state index is 0.0248. The molecular weight excluding hydrogens is 302 g/mol. The van der Waals surface area contributed by atoms with Crippen LogP contribution in [0.25, 0.3) is 0 Å². The van der Waals surface area contributed by atoms with E-state index in [1.807, 2.05) is 0 Å². The van der Waals surface area contributed by atoms with Crippen LogP contribution in [0.4, 0.5) is 11.4 Å². The van der Waals surface area contributed by atoms with Gasteiger partial charge in [0.2, 0.25) is 5.91 Å². The molecule has 0 aliphatic rings. The van der Waals surface area contributed by atoms with Crippen LogP contribution in [0.15, 0.2) is 22.7 Å². The van der Waals surface area contributed by atoms with Gasteiger partial charge in [0.15, 0.2) is 0 Å². The van der Waals surface area contributed by atoms with E-state index in [1.165, 1.54) is 17.0 Å². The Morgan fingerprint density at radius 1 is 1.50 bits per heavy atom. The number of nitrogens with one attached hydrogen (secondary N) is 1. The third kappa shape index (κ3) is 3.99. The van der Waals surface area contributed by atoms with Crippen molar-refractivity contribution in [3.8, 4) is 0 Å². The molecule has 1 aromatic rings. The number of rotatable bonds is 5. The van der Waals surface area contributed by atoms with Crippen LogP contribution in [0.3, 0.4) is 0 Å². The van der Waals surface area contributed by atoms with Crippen molar-refractivity contribution in [2.75, 3.05) is 26.0 Å². The van der Waals surface area contributed by atoms with E-state index < -0.39 is 4.92 Å². The highest BCUT2D eigenvalue weighted by atomic mass is 79.9. The topological polar surface area (TPSA) is 75.5 Å². The van der Waals surface area contributed by atoms with Crippen molar-refractivity contribution in [3.05, 3.63) is 32.8 Å². The van der Waals surface area contributed by atoms with Crippen LogP contribution in [-0.4, -0.2) is 36.4 Å². The molecule has 6 nitrogen and oxygen atoms in total. The summed E-state index contributed by atoms with van der Waals surface area (Å²) in [4.78, 5) is 23.0. The zero-order valence-electron chi connectivity index (χ0n) is 10.1. The Hall–Kier alpha value is -1.63. The summed E-state index contributed by atoms with van der Waals surface area (Å²) >= 11 is 3.25. The van der Waals surface area contributed by atoms with Gasteiger partial charge >= 0.3 is 0 Å². The summed E-state index contributed by atoms with van der Waals surface area (Å²) in [7, 11) is 3.40. The zero-order chi connectivity index (χ0) is 13.7. The summed E-state index contributed by atoms with van der Waals surface area (Å²) < 4.78 is 0.606. The van der Waals surface area contributed by atoms with Gasteiger partial charge in [-0.1, -0.05) is 0 Å². The average molecular weight is 316 g/mol. The summed E-state index contributed by atoms with van der Waals surface area (Å²) in [5, 5.41) is 13.6. The number of nitro benzene ring substituents is 1. The van der Waals surface area contributed by atoms with Gasteiger partial charge in [-0.3, -0.25) is 14.9 Å². The number of hydrogen-bond acceptors (Lipinski definition) is 4. The van der Waals surface area contributed by atoms with Crippen molar-refractivity contribution in [2.45, 2.75) is 6.42 Å². The van der Waals surface area contributed by atoms with Crippen molar-refractivity contribution in [3.63, 3.8) is 0 Å². The van der Waals surface area contributed by atoms with Gasteiger partial charge in [-0.2, -0.15) is 0 Å². The van der Waals surface area contributed by atoms with E-state index in [9.17, 15) is 14.9 Å². The van der Waals surface area contributed by atoms with E-state index in [4.69, 9.17) is 0 Å². The monoisotopic (exact) mass is 315 g/mol. The molecule has 7 heteroatoms. The molecular formula is C11H14BrN3O3. The summed E-state index contributed by atoms with van der Waals surface area (Å²) in [6, 6.07) is 4.46. The fourth-order valence-corrected chi connectivity index (χ4v) is 1.80. The van der Waals surface area contributed by atoms with Gasteiger partial charge in [-0.05, 0) is 22.0 Å². The van der Waals surface area contributed by atoms with Crippen LogP contribution in [0.5, 0.6) is 0 Å². The van der Waals surface area contributed by atoms with E-state index in [2.05, 4.69) is 21.2 Å². The number of benzene rings is 1. The van der Waals surface area contributed by atoms with Gasteiger partial charge < -0.3 is 10.2 Å². The van der Waals surface area contributed by atoms with Crippen molar-refractivity contribution in [2.24, 2.45) is 0 Å². The Morgan fingerprint density at radius 2 is 2.17 bits per heavy atom. The zero-order valence-corrected chi connectivity index (χ0v) is 11.7. The maximum absolute atomic E-state index is 11.3. The molecule has 0 saturated heterocycles. The van der Waals surface area contributed by atoms with Crippen LogP contribution in [0.1, 0.15) is 6.42 Å². The standard InChI is InChI=1S/C11H14BrN3O3/c1-14(2)11(16)5-6-13-10-4-3-8(15(17)18)7-9(10)12/h3-4,7,13H,5-6H2,1-2H3. The summed E-state index contributed by atoms with van der Waals surface area (Å²) in [6.07, 6.45) is 0.371. The lowest BCUT2D eigenvalue weighted by molar-refractivity contribution is -0.384. The minimum atomic E-state index is -0.454. The van der Waals surface area contributed by atoms with E-state index in [-0.39, 0.29) is 11.6 Å². The highest BCUT2D eigenvalue weighted by Crippen LogP contribution is 2.26. The van der Waals surface area contributed by atoms with Gasteiger partial charge in [-0.25, -0.2) is 0 Å². The molecule has 0 bridgehead atoms. The molecule has 1 amide bonds. The molecule has 1 rings (SSSR count). The van der Waals surface area contributed by atoms with Crippen LogP contribution in [-0.2, 0) is 4.79 Å². The first-order valence-electron chi connectivity index (χ1n) is 5.30. The second-order valence-electron chi connectivity index (χ2n) is 3.89. The number of anilines is 1. The van der Waals surface area contributed by atoms with Gasteiger partial charge in [0.05, 0.1) is 4.92 Å². The number of halogens is 1. The first kappa shape index (κ1) is 14.4. The molecule has 0 unspecified atom stereocenters. The summed E-state index contributed by atoms with van der Waals surface area (Å²) in [5.74, 6) is 0.0283. The van der Waals surface area contributed by atoms with Gasteiger partial charge in [0.25, 0.3) is 5.69 Å². The van der Waals surface area contributed by atoms with Crippen LogP contribution < -0.4 is 5.32 Å². The number of carbonyl (C=O) groups is 1.